The number of hydrogen-bond donors (Lipinski definition) is 1. The molecule has 2 fully saturated rings. The minimum Gasteiger partial charge on any atom is -0.381 e. The van der Waals surface area contributed by atoms with Gasteiger partial charge in [-0.15, -0.1) is 0 Å². The Labute approximate surface area is 97.7 Å². The van der Waals surface area contributed by atoms with E-state index in [4.69, 9.17) is 10.5 Å². The highest BCUT2D eigenvalue weighted by atomic mass is 16.5. The monoisotopic (exact) mass is 225 g/mol. The second-order valence-corrected chi connectivity index (χ2v) is 5.32. The maximum Gasteiger partial charge on any atom is 0.155 e. The van der Waals surface area contributed by atoms with E-state index >= 15 is 0 Å². The van der Waals surface area contributed by atoms with Gasteiger partial charge in [-0.3, -0.25) is 4.79 Å². The molecule has 16 heavy (non-hydrogen) atoms. The fourth-order valence-corrected chi connectivity index (χ4v) is 2.93. The van der Waals surface area contributed by atoms with Crippen LogP contribution in [0.25, 0.3) is 0 Å². The van der Waals surface area contributed by atoms with Crippen LogP contribution in [-0.2, 0) is 9.53 Å². The van der Waals surface area contributed by atoms with E-state index in [2.05, 4.69) is 0 Å². The maximum atomic E-state index is 12.4. The van der Waals surface area contributed by atoms with Crippen molar-refractivity contribution >= 4 is 5.78 Å². The second-order valence-electron chi connectivity index (χ2n) is 5.32. The summed E-state index contributed by atoms with van der Waals surface area (Å²) in [6, 6.07) is 0. The molecule has 0 aromatic carbocycles. The summed E-state index contributed by atoms with van der Waals surface area (Å²) in [5.74, 6) is 0.545. The Balaban J connectivity index is 1.98. The Morgan fingerprint density at radius 1 is 1.06 bits per heavy atom. The van der Waals surface area contributed by atoms with Gasteiger partial charge in [0.2, 0.25) is 0 Å². The van der Waals surface area contributed by atoms with Crippen LogP contribution in [0.2, 0.25) is 0 Å². The van der Waals surface area contributed by atoms with Crippen molar-refractivity contribution in [2.75, 3.05) is 13.2 Å². The molecule has 0 spiro atoms. The van der Waals surface area contributed by atoms with Crippen molar-refractivity contribution in [3.05, 3.63) is 0 Å². The molecule has 0 bridgehead atoms. The van der Waals surface area contributed by atoms with E-state index in [1.165, 1.54) is 25.7 Å². The average Bonchev–Trinajstić information content (AvgIpc) is 2.57. The van der Waals surface area contributed by atoms with Gasteiger partial charge in [-0.05, 0) is 25.7 Å². The molecule has 92 valence electrons. The number of nitrogens with two attached hydrogens (primary N) is 1. The van der Waals surface area contributed by atoms with Crippen LogP contribution < -0.4 is 5.73 Å². The molecule has 0 atom stereocenters. The van der Waals surface area contributed by atoms with Crippen molar-refractivity contribution in [2.24, 2.45) is 11.7 Å². The minimum atomic E-state index is -0.576. The summed E-state index contributed by atoms with van der Waals surface area (Å²) in [4.78, 5) is 12.4. The van der Waals surface area contributed by atoms with Crippen LogP contribution in [0.15, 0.2) is 0 Å². The zero-order valence-corrected chi connectivity index (χ0v) is 10.0. The Morgan fingerprint density at radius 2 is 1.62 bits per heavy atom. The highest BCUT2D eigenvalue weighted by molar-refractivity contribution is 5.90. The SMILES string of the molecule is NC1(C(=O)C2CCCCCC2)CCOCC1. The molecular formula is C13H23NO2. The Kier molecular flexibility index (Phi) is 3.98. The van der Waals surface area contributed by atoms with Crippen molar-refractivity contribution in [1.29, 1.82) is 0 Å². The molecule has 1 aliphatic carbocycles. The van der Waals surface area contributed by atoms with Crippen LogP contribution >= 0.6 is 0 Å². The summed E-state index contributed by atoms with van der Waals surface area (Å²) in [6.07, 6.45) is 8.49. The lowest BCUT2D eigenvalue weighted by Gasteiger charge is -2.34. The van der Waals surface area contributed by atoms with Gasteiger partial charge in [0, 0.05) is 19.1 Å². The number of Topliss-reactive ketones (excluding diaryl/α,β-unsaturated/α-hetero) is 1. The molecule has 0 amide bonds. The third-order valence-corrected chi connectivity index (χ3v) is 4.10. The van der Waals surface area contributed by atoms with Crippen LogP contribution in [0.1, 0.15) is 51.4 Å². The summed E-state index contributed by atoms with van der Waals surface area (Å²) in [5.41, 5.74) is 5.68. The molecule has 2 aliphatic rings. The molecule has 0 aromatic rings. The lowest BCUT2D eigenvalue weighted by atomic mass is 9.78. The summed E-state index contributed by atoms with van der Waals surface area (Å²) < 4.78 is 5.29. The van der Waals surface area contributed by atoms with Gasteiger partial charge in [-0.1, -0.05) is 25.7 Å². The van der Waals surface area contributed by atoms with Crippen molar-refractivity contribution in [1.82, 2.24) is 0 Å². The zero-order valence-electron chi connectivity index (χ0n) is 10.0. The molecule has 0 unspecified atom stereocenters. The predicted molar refractivity (Wildman–Crippen MR) is 63.2 cm³/mol. The number of rotatable bonds is 2. The summed E-state index contributed by atoms with van der Waals surface area (Å²) in [7, 11) is 0. The lowest BCUT2D eigenvalue weighted by Crippen LogP contribution is -2.54. The van der Waals surface area contributed by atoms with Crippen LogP contribution in [0.4, 0.5) is 0 Å². The first-order valence-corrected chi connectivity index (χ1v) is 6.63. The third kappa shape index (κ3) is 2.64. The lowest BCUT2D eigenvalue weighted by molar-refractivity contribution is -0.132. The molecule has 1 aliphatic heterocycles. The summed E-state index contributed by atoms with van der Waals surface area (Å²) in [5, 5.41) is 0. The third-order valence-electron chi connectivity index (χ3n) is 4.10. The van der Waals surface area contributed by atoms with Crippen LogP contribution in [0, 0.1) is 5.92 Å². The molecule has 2 rings (SSSR count). The molecule has 0 radical (unpaired) electrons. The number of carbonyl (C=O) groups excluding carboxylic acids is 1. The van der Waals surface area contributed by atoms with Gasteiger partial charge in [-0.25, -0.2) is 0 Å². The Morgan fingerprint density at radius 3 is 2.19 bits per heavy atom. The highest BCUT2D eigenvalue weighted by Crippen LogP contribution is 2.30. The van der Waals surface area contributed by atoms with Crippen LogP contribution in [0.3, 0.4) is 0 Å². The normalized spacial score (nSPS) is 27.3. The summed E-state index contributed by atoms with van der Waals surface area (Å²) >= 11 is 0. The van der Waals surface area contributed by atoms with E-state index in [0.717, 1.165) is 12.8 Å². The van der Waals surface area contributed by atoms with Gasteiger partial charge >= 0.3 is 0 Å². The number of carbonyl (C=O) groups is 1. The Bertz CT molecular complexity index is 238. The molecule has 3 heteroatoms. The number of ether oxygens (including phenoxy) is 1. The predicted octanol–water partition coefficient (Wildman–Crippen LogP) is 2.03. The van der Waals surface area contributed by atoms with Crippen molar-refractivity contribution in [3.63, 3.8) is 0 Å². The maximum absolute atomic E-state index is 12.4. The fourth-order valence-electron chi connectivity index (χ4n) is 2.93. The number of hydrogen-bond acceptors (Lipinski definition) is 3. The highest BCUT2D eigenvalue weighted by Gasteiger charge is 2.39. The first-order chi connectivity index (χ1) is 7.72. The van der Waals surface area contributed by atoms with Gasteiger partial charge in [0.15, 0.2) is 5.78 Å². The fraction of sp³-hybridized carbons (Fsp3) is 0.923. The van der Waals surface area contributed by atoms with Crippen molar-refractivity contribution in [3.8, 4) is 0 Å². The standard InChI is InChI=1S/C13H23NO2/c14-13(7-9-16-10-8-13)12(15)11-5-3-1-2-4-6-11/h11H,1-10,14H2. The van der Waals surface area contributed by atoms with E-state index in [9.17, 15) is 4.79 Å². The Hall–Kier alpha value is -0.410. The van der Waals surface area contributed by atoms with E-state index in [-0.39, 0.29) is 5.92 Å². The molecule has 1 heterocycles. The molecule has 1 saturated carbocycles. The largest absolute Gasteiger partial charge is 0.381 e. The first-order valence-electron chi connectivity index (χ1n) is 6.63. The van der Waals surface area contributed by atoms with E-state index in [1.54, 1.807) is 0 Å². The molecular weight excluding hydrogens is 202 g/mol. The zero-order chi connectivity index (χ0) is 11.4. The van der Waals surface area contributed by atoms with Crippen LogP contribution in [0.5, 0.6) is 0 Å². The molecule has 2 N–H and O–H groups in total. The smallest absolute Gasteiger partial charge is 0.155 e. The van der Waals surface area contributed by atoms with E-state index in [0.29, 0.717) is 31.8 Å². The van der Waals surface area contributed by atoms with Gasteiger partial charge in [0.05, 0.1) is 5.54 Å². The molecule has 3 nitrogen and oxygen atoms in total. The van der Waals surface area contributed by atoms with Crippen LogP contribution in [-0.4, -0.2) is 24.5 Å². The van der Waals surface area contributed by atoms with E-state index in [1.807, 2.05) is 0 Å². The van der Waals surface area contributed by atoms with E-state index < -0.39 is 5.54 Å². The first kappa shape index (κ1) is 12.1. The average molecular weight is 225 g/mol. The van der Waals surface area contributed by atoms with Gasteiger partial charge in [0.1, 0.15) is 0 Å². The van der Waals surface area contributed by atoms with Gasteiger partial charge in [-0.2, -0.15) is 0 Å². The van der Waals surface area contributed by atoms with Crippen molar-refractivity contribution < 1.29 is 9.53 Å². The summed E-state index contributed by atoms with van der Waals surface area (Å²) in [6.45, 7) is 1.30. The quantitative estimate of drug-likeness (QED) is 0.732. The van der Waals surface area contributed by atoms with Crippen molar-refractivity contribution in [2.45, 2.75) is 56.9 Å². The molecule has 1 saturated heterocycles. The molecule has 0 aromatic heterocycles. The van der Waals surface area contributed by atoms with Gasteiger partial charge in [0.25, 0.3) is 0 Å². The van der Waals surface area contributed by atoms with Gasteiger partial charge < -0.3 is 10.5 Å². The minimum absolute atomic E-state index is 0.227. The topological polar surface area (TPSA) is 52.3 Å². The second kappa shape index (κ2) is 5.28. The number of ketones is 1.